The van der Waals surface area contributed by atoms with Crippen LogP contribution < -0.4 is 10.6 Å². The summed E-state index contributed by atoms with van der Waals surface area (Å²) in [5.41, 5.74) is 1.57. The molecule has 22 heavy (non-hydrogen) atoms. The van der Waals surface area contributed by atoms with Crippen LogP contribution in [0.3, 0.4) is 0 Å². The van der Waals surface area contributed by atoms with Crippen LogP contribution in [-0.4, -0.2) is 44.1 Å². The van der Waals surface area contributed by atoms with E-state index in [1.54, 1.807) is 26.1 Å². The van der Waals surface area contributed by atoms with Gasteiger partial charge >= 0.3 is 0 Å². The number of halogens is 1. The third-order valence-corrected chi connectivity index (χ3v) is 4.02. The molecule has 0 saturated carbocycles. The van der Waals surface area contributed by atoms with E-state index in [0.717, 1.165) is 31.0 Å². The van der Waals surface area contributed by atoms with Crippen LogP contribution in [-0.2, 0) is 6.54 Å². The Morgan fingerprint density at radius 2 is 2.09 bits per heavy atom. The van der Waals surface area contributed by atoms with Gasteiger partial charge in [0.05, 0.1) is 0 Å². The fraction of sp³-hybridized carbons (Fsp3) is 0.588. The lowest BCUT2D eigenvalue weighted by molar-refractivity contribution is 0.255. The smallest absolute Gasteiger partial charge is 0.191 e. The Kier molecular flexibility index (Phi) is 7.88. The lowest BCUT2D eigenvalue weighted by Gasteiger charge is -2.24. The van der Waals surface area contributed by atoms with E-state index in [2.05, 4.69) is 41.4 Å². The fourth-order valence-corrected chi connectivity index (χ4v) is 2.04. The van der Waals surface area contributed by atoms with Crippen LogP contribution in [0.25, 0.3) is 0 Å². The Morgan fingerprint density at radius 3 is 2.68 bits per heavy atom. The Bertz CT molecular complexity index is 488. The third kappa shape index (κ3) is 6.02. The van der Waals surface area contributed by atoms with Crippen molar-refractivity contribution in [2.24, 2.45) is 4.99 Å². The van der Waals surface area contributed by atoms with Crippen molar-refractivity contribution in [2.75, 3.05) is 27.2 Å². The van der Waals surface area contributed by atoms with Gasteiger partial charge in [-0.3, -0.25) is 4.99 Å². The second-order valence-electron chi connectivity index (χ2n) is 5.67. The summed E-state index contributed by atoms with van der Waals surface area (Å²) in [7, 11) is 3.87. The van der Waals surface area contributed by atoms with Gasteiger partial charge in [0.25, 0.3) is 0 Å². The molecule has 0 saturated heterocycles. The predicted octanol–water partition coefficient (Wildman–Crippen LogP) is 2.53. The highest BCUT2D eigenvalue weighted by molar-refractivity contribution is 5.79. The molecule has 0 bridgehead atoms. The molecular formula is C17H29FN4. The molecule has 0 radical (unpaired) electrons. The molecule has 4 nitrogen and oxygen atoms in total. The number of rotatable bonds is 7. The second-order valence-corrected chi connectivity index (χ2v) is 5.67. The van der Waals surface area contributed by atoms with E-state index in [-0.39, 0.29) is 5.82 Å². The van der Waals surface area contributed by atoms with Crippen LogP contribution in [0.1, 0.15) is 31.4 Å². The van der Waals surface area contributed by atoms with Crippen molar-refractivity contribution in [3.63, 3.8) is 0 Å². The summed E-state index contributed by atoms with van der Waals surface area (Å²) in [4.78, 5) is 6.50. The van der Waals surface area contributed by atoms with Crippen LogP contribution >= 0.6 is 0 Å². The molecule has 0 spiro atoms. The van der Waals surface area contributed by atoms with E-state index in [9.17, 15) is 4.39 Å². The molecule has 124 valence electrons. The van der Waals surface area contributed by atoms with Gasteiger partial charge in [-0.15, -0.1) is 0 Å². The molecule has 1 rings (SSSR count). The normalized spacial score (nSPS) is 13.3. The molecule has 1 aromatic rings. The highest BCUT2D eigenvalue weighted by Crippen LogP contribution is 2.08. The average molecular weight is 308 g/mol. The summed E-state index contributed by atoms with van der Waals surface area (Å²) in [5, 5.41) is 6.48. The van der Waals surface area contributed by atoms with Gasteiger partial charge in [-0.05, 0) is 44.5 Å². The fourth-order valence-electron chi connectivity index (χ4n) is 2.04. The van der Waals surface area contributed by atoms with Crippen molar-refractivity contribution in [3.8, 4) is 0 Å². The predicted molar refractivity (Wildman–Crippen MR) is 91.7 cm³/mol. The maximum Gasteiger partial charge on any atom is 0.191 e. The minimum atomic E-state index is -0.169. The molecule has 0 heterocycles. The van der Waals surface area contributed by atoms with Crippen LogP contribution in [0.5, 0.6) is 0 Å². The average Bonchev–Trinajstić information content (AvgIpc) is 2.52. The molecule has 1 aromatic carbocycles. The van der Waals surface area contributed by atoms with Gasteiger partial charge in [0.2, 0.25) is 0 Å². The number of likely N-dealkylation sites (N-methyl/N-ethyl adjacent to an activating group) is 1. The second kappa shape index (κ2) is 9.41. The summed E-state index contributed by atoms with van der Waals surface area (Å²) in [6.07, 6.45) is 1.14. The van der Waals surface area contributed by atoms with E-state index in [4.69, 9.17) is 0 Å². The summed E-state index contributed by atoms with van der Waals surface area (Å²) in [6, 6.07) is 5.86. The summed E-state index contributed by atoms with van der Waals surface area (Å²) in [6.45, 7) is 8.51. The van der Waals surface area contributed by atoms with E-state index in [1.165, 1.54) is 0 Å². The topological polar surface area (TPSA) is 39.7 Å². The minimum absolute atomic E-state index is 0.169. The lowest BCUT2D eigenvalue weighted by Crippen LogP contribution is -2.42. The number of hydrogen-bond donors (Lipinski definition) is 2. The molecule has 0 aliphatic heterocycles. The zero-order valence-corrected chi connectivity index (χ0v) is 14.4. The number of aliphatic imine (C=N–C) groups is 1. The molecule has 0 fully saturated rings. The Hall–Kier alpha value is -1.62. The van der Waals surface area contributed by atoms with Crippen LogP contribution in [0.15, 0.2) is 23.2 Å². The minimum Gasteiger partial charge on any atom is -0.355 e. The summed E-state index contributed by atoms with van der Waals surface area (Å²) < 4.78 is 13.5. The molecule has 2 N–H and O–H groups in total. The van der Waals surface area contributed by atoms with Crippen molar-refractivity contribution in [3.05, 3.63) is 35.1 Å². The Labute approximate surface area is 133 Å². The van der Waals surface area contributed by atoms with E-state index in [1.807, 2.05) is 6.07 Å². The molecule has 1 atom stereocenters. The standard InChI is InChI=1S/C17H29FN4/c1-6-14(3)22(5)10-9-20-17(19-4)21-12-15-8-7-13(2)16(18)11-15/h7-8,11,14H,6,9-10,12H2,1-5H3,(H2,19,20,21). The van der Waals surface area contributed by atoms with Gasteiger partial charge in [0.1, 0.15) is 5.82 Å². The van der Waals surface area contributed by atoms with Crippen molar-refractivity contribution in [2.45, 2.75) is 39.8 Å². The molecule has 0 aliphatic rings. The lowest BCUT2D eigenvalue weighted by atomic mass is 10.1. The number of aryl methyl sites for hydroxylation is 1. The molecule has 0 aromatic heterocycles. The number of hydrogen-bond acceptors (Lipinski definition) is 2. The molecule has 5 heteroatoms. The molecular weight excluding hydrogens is 279 g/mol. The van der Waals surface area contributed by atoms with Crippen molar-refractivity contribution < 1.29 is 4.39 Å². The van der Waals surface area contributed by atoms with Gasteiger partial charge in [0, 0.05) is 32.7 Å². The first-order valence-corrected chi connectivity index (χ1v) is 7.87. The maximum absolute atomic E-state index is 13.5. The molecule has 0 amide bonds. The molecule has 0 aliphatic carbocycles. The number of nitrogens with one attached hydrogen (secondary N) is 2. The zero-order chi connectivity index (χ0) is 16.5. The van der Waals surface area contributed by atoms with Crippen molar-refractivity contribution >= 4 is 5.96 Å². The van der Waals surface area contributed by atoms with E-state index < -0.39 is 0 Å². The maximum atomic E-state index is 13.5. The van der Waals surface area contributed by atoms with Gasteiger partial charge < -0.3 is 15.5 Å². The van der Waals surface area contributed by atoms with E-state index >= 15 is 0 Å². The van der Waals surface area contributed by atoms with Crippen LogP contribution in [0.2, 0.25) is 0 Å². The van der Waals surface area contributed by atoms with Gasteiger partial charge in [-0.1, -0.05) is 19.1 Å². The Balaban J connectivity index is 2.38. The van der Waals surface area contributed by atoms with E-state index in [0.29, 0.717) is 18.2 Å². The van der Waals surface area contributed by atoms with Gasteiger partial charge in [-0.2, -0.15) is 0 Å². The number of nitrogens with zero attached hydrogens (tertiary/aromatic N) is 2. The first-order valence-electron chi connectivity index (χ1n) is 7.87. The largest absolute Gasteiger partial charge is 0.355 e. The highest BCUT2D eigenvalue weighted by atomic mass is 19.1. The summed E-state index contributed by atoms with van der Waals surface area (Å²) >= 11 is 0. The van der Waals surface area contributed by atoms with Crippen LogP contribution in [0.4, 0.5) is 4.39 Å². The zero-order valence-electron chi connectivity index (χ0n) is 14.4. The SMILES string of the molecule is CCC(C)N(C)CCNC(=NC)NCc1ccc(C)c(F)c1. The van der Waals surface area contributed by atoms with Gasteiger partial charge in [0.15, 0.2) is 5.96 Å². The molecule has 1 unspecified atom stereocenters. The van der Waals surface area contributed by atoms with Crippen molar-refractivity contribution in [1.82, 2.24) is 15.5 Å². The van der Waals surface area contributed by atoms with Crippen molar-refractivity contribution in [1.29, 1.82) is 0 Å². The highest BCUT2D eigenvalue weighted by Gasteiger charge is 2.06. The quantitative estimate of drug-likeness (QED) is 0.601. The summed E-state index contributed by atoms with van der Waals surface area (Å²) in [5.74, 6) is 0.566. The Morgan fingerprint density at radius 1 is 1.36 bits per heavy atom. The number of guanidine groups is 1. The monoisotopic (exact) mass is 308 g/mol. The number of benzene rings is 1. The first-order chi connectivity index (χ1) is 10.5. The van der Waals surface area contributed by atoms with Gasteiger partial charge in [-0.25, -0.2) is 4.39 Å². The third-order valence-electron chi connectivity index (χ3n) is 4.02. The first kappa shape index (κ1) is 18.4. The van der Waals surface area contributed by atoms with Crippen LogP contribution in [0, 0.1) is 12.7 Å².